The molecule has 0 saturated carbocycles. The van der Waals surface area contributed by atoms with E-state index in [0.29, 0.717) is 18.4 Å². The highest BCUT2D eigenvalue weighted by Gasteiger charge is 2.29. The molecule has 1 amide bonds. The van der Waals surface area contributed by atoms with Crippen molar-refractivity contribution in [2.45, 2.75) is 25.3 Å². The SMILES string of the molecule is Cl.Cl.O=C(CCN1CCCC1c1nc2ccccc2s1)N1CCNCC1. The first-order chi connectivity index (χ1) is 11.8. The highest BCUT2D eigenvalue weighted by Crippen LogP contribution is 2.36. The average Bonchev–Trinajstić information content (AvgIpc) is 3.26. The van der Waals surface area contributed by atoms with E-state index in [1.54, 1.807) is 11.3 Å². The number of para-hydroxylation sites is 1. The number of aromatic nitrogens is 1. The van der Waals surface area contributed by atoms with Crippen LogP contribution in [-0.4, -0.2) is 60.0 Å². The van der Waals surface area contributed by atoms with Crippen LogP contribution in [0.3, 0.4) is 0 Å². The molecule has 2 aromatic rings. The maximum absolute atomic E-state index is 12.4. The van der Waals surface area contributed by atoms with Crippen molar-refractivity contribution in [2.24, 2.45) is 0 Å². The fourth-order valence-electron chi connectivity index (χ4n) is 3.72. The van der Waals surface area contributed by atoms with Gasteiger partial charge in [-0.2, -0.15) is 0 Å². The second-order valence-electron chi connectivity index (χ2n) is 6.59. The van der Waals surface area contributed by atoms with Gasteiger partial charge in [-0.05, 0) is 31.5 Å². The second-order valence-corrected chi connectivity index (χ2v) is 7.66. The van der Waals surface area contributed by atoms with Crippen LogP contribution in [0, 0.1) is 0 Å². The third-order valence-corrected chi connectivity index (χ3v) is 6.18. The van der Waals surface area contributed by atoms with Crippen molar-refractivity contribution in [3.63, 3.8) is 0 Å². The number of amides is 1. The van der Waals surface area contributed by atoms with E-state index in [9.17, 15) is 4.79 Å². The summed E-state index contributed by atoms with van der Waals surface area (Å²) in [6.07, 6.45) is 2.98. The fourth-order valence-corrected chi connectivity index (χ4v) is 4.85. The molecule has 0 aliphatic carbocycles. The zero-order valence-corrected chi connectivity index (χ0v) is 17.2. The van der Waals surface area contributed by atoms with Gasteiger partial charge in [-0.1, -0.05) is 12.1 Å². The molecule has 4 rings (SSSR count). The number of hydrogen-bond donors (Lipinski definition) is 1. The molecule has 1 aromatic heterocycles. The van der Waals surface area contributed by atoms with Crippen LogP contribution in [0.15, 0.2) is 24.3 Å². The lowest BCUT2D eigenvalue weighted by atomic mass is 10.2. The van der Waals surface area contributed by atoms with Crippen molar-refractivity contribution in [3.8, 4) is 0 Å². The number of likely N-dealkylation sites (tertiary alicyclic amines) is 1. The van der Waals surface area contributed by atoms with Crippen LogP contribution in [0.4, 0.5) is 0 Å². The number of halogens is 2. The van der Waals surface area contributed by atoms with E-state index in [4.69, 9.17) is 4.98 Å². The third kappa shape index (κ3) is 4.67. The summed E-state index contributed by atoms with van der Waals surface area (Å²) in [5, 5.41) is 4.51. The van der Waals surface area contributed by atoms with E-state index < -0.39 is 0 Å². The van der Waals surface area contributed by atoms with Crippen molar-refractivity contribution in [1.82, 2.24) is 20.1 Å². The minimum absolute atomic E-state index is 0. The van der Waals surface area contributed by atoms with Gasteiger partial charge < -0.3 is 10.2 Å². The van der Waals surface area contributed by atoms with Gasteiger partial charge in [-0.25, -0.2) is 4.98 Å². The Kier molecular flexibility index (Phi) is 8.10. The Hall–Kier alpha value is -0.920. The summed E-state index contributed by atoms with van der Waals surface area (Å²) >= 11 is 1.80. The topological polar surface area (TPSA) is 48.5 Å². The van der Waals surface area contributed by atoms with E-state index in [0.717, 1.165) is 51.2 Å². The van der Waals surface area contributed by atoms with Gasteiger partial charge in [0.25, 0.3) is 0 Å². The Labute approximate surface area is 171 Å². The molecule has 1 unspecified atom stereocenters. The molecule has 2 fully saturated rings. The van der Waals surface area contributed by atoms with Crippen LogP contribution in [-0.2, 0) is 4.79 Å². The molecular formula is C18H26Cl2N4OS. The van der Waals surface area contributed by atoms with Crippen molar-refractivity contribution in [2.75, 3.05) is 39.3 Å². The van der Waals surface area contributed by atoms with Crippen LogP contribution < -0.4 is 5.32 Å². The van der Waals surface area contributed by atoms with Crippen molar-refractivity contribution < 1.29 is 4.79 Å². The molecule has 3 heterocycles. The van der Waals surface area contributed by atoms with Crippen LogP contribution in [0.2, 0.25) is 0 Å². The molecule has 1 atom stereocenters. The minimum atomic E-state index is 0. The number of nitrogens with one attached hydrogen (secondary N) is 1. The predicted octanol–water partition coefficient (Wildman–Crippen LogP) is 3.10. The summed E-state index contributed by atoms with van der Waals surface area (Å²) in [6, 6.07) is 8.73. The van der Waals surface area contributed by atoms with E-state index in [-0.39, 0.29) is 24.8 Å². The number of rotatable bonds is 4. The number of piperazine rings is 1. The first-order valence-corrected chi connectivity index (χ1v) is 9.71. The lowest BCUT2D eigenvalue weighted by Crippen LogP contribution is -2.47. The number of fused-ring (bicyclic) bond motifs is 1. The van der Waals surface area contributed by atoms with Crippen LogP contribution in [0.1, 0.15) is 30.3 Å². The molecule has 0 spiro atoms. The Morgan fingerprint density at radius 1 is 1.19 bits per heavy atom. The molecule has 0 radical (unpaired) electrons. The van der Waals surface area contributed by atoms with Gasteiger partial charge in [0.15, 0.2) is 0 Å². The number of benzene rings is 1. The highest BCUT2D eigenvalue weighted by atomic mass is 35.5. The summed E-state index contributed by atoms with van der Waals surface area (Å²) < 4.78 is 1.26. The molecule has 26 heavy (non-hydrogen) atoms. The van der Waals surface area contributed by atoms with E-state index in [1.807, 2.05) is 11.0 Å². The van der Waals surface area contributed by atoms with E-state index >= 15 is 0 Å². The second kappa shape index (κ2) is 9.85. The number of carbonyl (C=O) groups excluding carboxylic acids is 1. The maximum Gasteiger partial charge on any atom is 0.223 e. The van der Waals surface area contributed by atoms with E-state index in [1.165, 1.54) is 16.1 Å². The molecule has 2 aliphatic heterocycles. The molecule has 2 aliphatic rings. The Morgan fingerprint density at radius 3 is 2.73 bits per heavy atom. The van der Waals surface area contributed by atoms with Gasteiger partial charge in [-0.15, -0.1) is 36.2 Å². The highest BCUT2D eigenvalue weighted by molar-refractivity contribution is 7.18. The predicted molar refractivity (Wildman–Crippen MR) is 112 cm³/mol. The van der Waals surface area contributed by atoms with Gasteiger partial charge >= 0.3 is 0 Å². The molecule has 8 heteroatoms. The largest absolute Gasteiger partial charge is 0.340 e. The molecule has 2 saturated heterocycles. The van der Waals surface area contributed by atoms with Gasteiger partial charge in [0.2, 0.25) is 5.91 Å². The molecular weight excluding hydrogens is 391 g/mol. The van der Waals surface area contributed by atoms with Gasteiger partial charge in [0.05, 0.1) is 16.3 Å². The fraction of sp³-hybridized carbons (Fsp3) is 0.556. The van der Waals surface area contributed by atoms with Crippen molar-refractivity contribution in [1.29, 1.82) is 0 Å². The molecule has 5 nitrogen and oxygen atoms in total. The summed E-state index contributed by atoms with van der Waals surface area (Å²) in [5.74, 6) is 0.298. The number of hydrogen-bond acceptors (Lipinski definition) is 5. The molecule has 144 valence electrons. The number of nitrogens with zero attached hydrogens (tertiary/aromatic N) is 3. The lowest BCUT2D eigenvalue weighted by molar-refractivity contribution is -0.132. The smallest absolute Gasteiger partial charge is 0.223 e. The van der Waals surface area contributed by atoms with E-state index in [2.05, 4.69) is 28.4 Å². The van der Waals surface area contributed by atoms with Gasteiger partial charge in [-0.3, -0.25) is 9.69 Å². The molecule has 0 bridgehead atoms. The maximum atomic E-state index is 12.4. The Balaban J connectivity index is 0.00000121. The third-order valence-electron chi connectivity index (χ3n) is 5.04. The van der Waals surface area contributed by atoms with Gasteiger partial charge in [0, 0.05) is 39.1 Å². The zero-order valence-electron chi connectivity index (χ0n) is 14.7. The van der Waals surface area contributed by atoms with Crippen molar-refractivity contribution >= 4 is 52.3 Å². The Bertz CT molecular complexity index is 687. The normalized spacial score (nSPS) is 20.6. The first kappa shape index (κ1) is 21.4. The minimum Gasteiger partial charge on any atom is -0.340 e. The number of carbonyl (C=O) groups is 1. The first-order valence-electron chi connectivity index (χ1n) is 8.89. The Morgan fingerprint density at radius 2 is 1.96 bits per heavy atom. The summed E-state index contributed by atoms with van der Waals surface area (Å²) in [4.78, 5) is 21.7. The van der Waals surface area contributed by atoms with Gasteiger partial charge in [0.1, 0.15) is 5.01 Å². The summed E-state index contributed by atoms with van der Waals surface area (Å²) in [7, 11) is 0. The average molecular weight is 417 g/mol. The molecule has 1 N–H and O–H groups in total. The van der Waals surface area contributed by atoms with Crippen LogP contribution >= 0.6 is 36.2 Å². The molecule has 1 aromatic carbocycles. The van der Waals surface area contributed by atoms with Crippen LogP contribution in [0.5, 0.6) is 0 Å². The monoisotopic (exact) mass is 416 g/mol. The quantitative estimate of drug-likeness (QED) is 0.831. The van der Waals surface area contributed by atoms with Crippen molar-refractivity contribution in [3.05, 3.63) is 29.3 Å². The summed E-state index contributed by atoms with van der Waals surface area (Å²) in [6.45, 7) is 5.46. The number of thiazole rings is 1. The zero-order chi connectivity index (χ0) is 16.4. The van der Waals surface area contributed by atoms with Crippen LogP contribution in [0.25, 0.3) is 10.2 Å². The lowest BCUT2D eigenvalue weighted by Gasteiger charge is -2.29. The summed E-state index contributed by atoms with van der Waals surface area (Å²) in [5.41, 5.74) is 1.10. The standard InChI is InChI=1S/C18H24N4OS.2ClH/c23-17(22-12-8-19-9-13-22)7-11-21-10-3-5-15(21)18-20-14-4-1-2-6-16(14)24-18;;/h1-2,4,6,15,19H,3,5,7-13H2;2*1H.